The fourth-order valence-electron chi connectivity index (χ4n) is 2.84. The molecule has 0 aliphatic rings. The summed E-state index contributed by atoms with van der Waals surface area (Å²) in [6.45, 7) is 1.91. The van der Waals surface area contributed by atoms with Gasteiger partial charge in [-0.15, -0.1) is 11.3 Å². The first-order chi connectivity index (χ1) is 13.6. The molecule has 1 atom stereocenters. The minimum absolute atomic E-state index is 0.192. The summed E-state index contributed by atoms with van der Waals surface area (Å²) in [5.41, 5.74) is 2.65. The molecule has 2 heterocycles. The molecule has 0 spiro atoms. The van der Waals surface area contributed by atoms with Gasteiger partial charge in [0.15, 0.2) is 0 Å². The maximum Gasteiger partial charge on any atom is 0.271 e. The number of nitrogens with one attached hydrogen (secondary N) is 1. The lowest BCUT2D eigenvalue weighted by Crippen LogP contribution is -2.26. The van der Waals surface area contributed by atoms with Gasteiger partial charge in [-0.25, -0.2) is 14.4 Å². The van der Waals surface area contributed by atoms with Crippen LogP contribution in [-0.2, 0) is 0 Å². The van der Waals surface area contributed by atoms with E-state index in [-0.39, 0.29) is 23.5 Å². The van der Waals surface area contributed by atoms with E-state index >= 15 is 0 Å². The molecule has 1 unspecified atom stereocenters. The predicted octanol–water partition coefficient (Wildman–Crippen LogP) is 4.63. The molecule has 28 heavy (non-hydrogen) atoms. The zero-order chi connectivity index (χ0) is 19.5. The van der Waals surface area contributed by atoms with Crippen LogP contribution >= 0.6 is 11.3 Å². The van der Waals surface area contributed by atoms with Gasteiger partial charge in [-0.1, -0.05) is 24.3 Å². The van der Waals surface area contributed by atoms with E-state index in [4.69, 9.17) is 0 Å². The van der Waals surface area contributed by atoms with Crippen molar-refractivity contribution in [1.29, 1.82) is 0 Å². The second kappa shape index (κ2) is 7.74. The number of carbonyl (C=O) groups excluding carboxylic acids is 1. The number of thiazole rings is 1. The summed E-state index contributed by atoms with van der Waals surface area (Å²) in [5, 5.41) is 5.07. The Morgan fingerprint density at radius 3 is 2.68 bits per heavy atom. The molecule has 0 fully saturated rings. The fourth-order valence-corrected chi connectivity index (χ4v) is 3.66. The number of benzene rings is 2. The van der Waals surface area contributed by atoms with Crippen molar-refractivity contribution in [2.45, 2.75) is 13.0 Å². The zero-order valence-electron chi connectivity index (χ0n) is 15.0. The van der Waals surface area contributed by atoms with Crippen LogP contribution in [0.1, 0.15) is 29.0 Å². The van der Waals surface area contributed by atoms with Crippen molar-refractivity contribution in [3.8, 4) is 16.3 Å². The van der Waals surface area contributed by atoms with Gasteiger partial charge in [0.1, 0.15) is 16.5 Å². The van der Waals surface area contributed by atoms with Crippen LogP contribution in [0.15, 0.2) is 72.6 Å². The molecule has 0 bridgehead atoms. The van der Waals surface area contributed by atoms with Gasteiger partial charge in [0.05, 0.1) is 12.4 Å². The van der Waals surface area contributed by atoms with Crippen LogP contribution in [-0.4, -0.2) is 20.4 Å². The number of amides is 1. The van der Waals surface area contributed by atoms with E-state index in [9.17, 15) is 9.18 Å². The Morgan fingerprint density at radius 2 is 1.96 bits per heavy atom. The molecule has 0 aliphatic carbocycles. The van der Waals surface area contributed by atoms with Gasteiger partial charge in [0.2, 0.25) is 0 Å². The van der Waals surface area contributed by atoms with Crippen LogP contribution < -0.4 is 5.32 Å². The Balaban J connectivity index is 1.46. The van der Waals surface area contributed by atoms with E-state index in [1.54, 1.807) is 36.1 Å². The second-order valence-electron chi connectivity index (χ2n) is 6.27. The van der Waals surface area contributed by atoms with E-state index < -0.39 is 0 Å². The molecule has 4 aromatic rings. The summed E-state index contributed by atoms with van der Waals surface area (Å²) in [7, 11) is 0. The van der Waals surface area contributed by atoms with Crippen molar-refractivity contribution < 1.29 is 9.18 Å². The van der Waals surface area contributed by atoms with E-state index in [2.05, 4.69) is 15.3 Å². The van der Waals surface area contributed by atoms with Crippen molar-refractivity contribution in [2.24, 2.45) is 0 Å². The van der Waals surface area contributed by atoms with Crippen LogP contribution in [0, 0.1) is 5.82 Å². The number of nitrogens with zero attached hydrogens (tertiary/aromatic N) is 3. The lowest BCUT2D eigenvalue weighted by atomic mass is 10.1. The summed E-state index contributed by atoms with van der Waals surface area (Å²) in [6, 6.07) is 14.1. The molecule has 7 heteroatoms. The number of aromatic nitrogens is 3. The first kappa shape index (κ1) is 18.1. The van der Waals surface area contributed by atoms with Crippen molar-refractivity contribution in [3.63, 3.8) is 0 Å². The quantitative estimate of drug-likeness (QED) is 0.539. The van der Waals surface area contributed by atoms with Crippen molar-refractivity contribution in [1.82, 2.24) is 19.9 Å². The van der Waals surface area contributed by atoms with Crippen molar-refractivity contribution >= 4 is 17.2 Å². The van der Waals surface area contributed by atoms with Crippen molar-refractivity contribution in [3.05, 3.63) is 89.7 Å². The molecule has 0 aliphatic heterocycles. The number of carbonyl (C=O) groups is 1. The van der Waals surface area contributed by atoms with Gasteiger partial charge < -0.3 is 9.88 Å². The lowest BCUT2D eigenvalue weighted by molar-refractivity contribution is 0.0935. The van der Waals surface area contributed by atoms with Crippen LogP contribution in [0.3, 0.4) is 0 Å². The second-order valence-corrected chi connectivity index (χ2v) is 7.13. The summed E-state index contributed by atoms with van der Waals surface area (Å²) < 4.78 is 15.8. The molecule has 2 aromatic carbocycles. The van der Waals surface area contributed by atoms with Crippen LogP contribution in [0.2, 0.25) is 0 Å². The van der Waals surface area contributed by atoms with Gasteiger partial charge >= 0.3 is 0 Å². The third kappa shape index (κ3) is 3.70. The number of imidazole rings is 1. The molecule has 4 rings (SSSR count). The highest BCUT2D eigenvalue weighted by Gasteiger charge is 2.16. The highest BCUT2D eigenvalue weighted by molar-refractivity contribution is 7.13. The summed E-state index contributed by atoms with van der Waals surface area (Å²) in [4.78, 5) is 20.9. The number of hydrogen-bond donors (Lipinski definition) is 1. The molecule has 0 saturated heterocycles. The predicted molar refractivity (Wildman–Crippen MR) is 107 cm³/mol. The van der Waals surface area contributed by atoms with E-state index in [1.165, 1.54) is 17.4 Å². The Bertz CT molecular complexity index is 1090. The topological polar surface area (TPSA) is 59.8 Å². The fraction of sp³-hybridized carbons (Fsp3) is 0.0952. The lowest BCUT2D eigenvalue weighted by Gasteiger charge is -2.14. The molecular formula is C21H17FN4OS. The summed E-state index contributed by atoms with van der Waals surface area (Å²) in [5.74, 6) is -0.639. The zero-order valence-corrected chi connectivity index (χ0v) is 15.9. The third-order valence-corrected chi connectivity index (χ3v) is 5.26. The molecule has 1 N–H and O–H groups in total. The van der Waals surface area contributed by atoms with Gasteiger partial charge in [0, 0.05) is 29.0 Å². The largest absolute Gasteiger partial charge is 0.344 e. The number of halogens is 1. The van der Waals surface area contributed by atoms with Crippen LogP contribution in [0.4, 0.5) is 4.39 Å². The maximum atomic E-state index is 13.9. The molecule has 5 nitrogen and oxygen atoms in total. The Morgan fingerprint density at radius 1 is 1.18 bits per heavy atom. The summed E-state index contributed by atoms with van der Waals surface area (Å²) >= 11 is 1.25. The maximum absolute atomic E-state index is 13.9. The van der Waals surface area contributed by atoms with E-state index in [0.717, 1.165) is 11.3 Å². The SMILES string of the molecule is CC(NC(=O)c1csc(-c2ccccc2F)n1)c1ccc(-n2ccnc2)cc1. The minimum Gasteiger partial charge on any atom is -0.344 e. The summed E-state index contributed by atoms with van der Waals surface area (Å²) in [6.07, 6.45) is 5.32. The first-order valence-corrected chi connectivity index (χ1v) is 9.59. The molecular weight excluding hydrogens is 375 g/mol. The number of hydrogen-bond acceptors (Lipinski definition) is 4. The van der Waals surface area contributed by atoms with E-state index in [0.29, 0.717) is 10.6 Å². The molecule has 1 amide bonds. The Hall–Kier alpha value is -3.32. The van der Waals surface area contributed by atoms with Crippen molar-refractivity contribution in [2.75, 3.05) is 0 Å². The third-order valence-electron chi connectivity index (χ3n) is 4.38. The van der Waals surface area contributed by atoms with Crippen LogP contribution in [0.5, 0.6) is 0 Å². The normalized spacial score (nSPS) is 11.9. The molecule has 0 saturated carbocycles. The number of rotatable bonds is 5. The van der Waals surface area contributed by atoms with E-state index in [1.807, 2.05) is 42.0 Å². The Kier molecular flexibility index (Phi) is 4.99. The molecule has 0 radical (unpaired) electrons. The monoisotopic (exact) mass is 392 g/mol. The minimum atomic E-state index is -0.352. The highest BCUT2D eigenvalue weighted by atomic mass is 32.1. The highest BCUT2D eigenvalue weighted by Crippen LogP contribution is 2.26. The van der Waals surface area contributed by atoms with Gasteiger partial charge in [-0.05, 0) is 36.8 Å². The smallest absolute Gasteiger partial charge is 0.271 e. The first-order valence-electron chi connectivity index (χ1n) is 8.71. The van der Waals surface area contributed by atoms with Gasteiger partial charge in [0.25, 0.3) is 5.91 Å². The molecule has 2 aromatic heterocycles. The van der Waals surface area contributed by atoms with Crippen LogP contribution in [0.25, 0.3) is 16.3 Å². The van der Waals surface area contributed by atoms with Gasteiger partial charge in [-0.2, -0.15) is 0 Å². The average molecular weight is 392 g/mol. The standard InChI is InChI=1S/C21H17FN4OS/c1-14(15-6-8-16(9-7-15)26-11-10-23-13-26)24-20(27)19-12-28-21(25-19)17-4-2-3-5-18(17)22/h2-14H,1H3,(H,24,27). The molecule has 140 valence electrons. The Labute approximate surface area is 165 Å². The van der Waals surface area contributed by atoms with Gasteiger partial charge in [-0.3, -0.25) is 4.79 Å². The average Bonchev–Trinajstić information content (AvgIpc) is 3.41.